The lowest BCUT2D eigenvalue weighted by Gasteiger charge is -2.22. The molecule has 4 aromatic rings. The topological polar surface area (TPSA) is 43.3 Å². The fourth-order valence-electron chi connectivity index (χ4n) is 4.40. The summed E-state index contributed by atoms with van der Waals surface area (Å²) >= 11 is 1.72. The number of benzene rings is 2. The molecule has 0 unspecified atom stereocenters. The van der Waals surface area contributed by atoms with Gasteiger partial charge in [0.2, 0.25) is 0 Å². The molecule has 1 aliphatic rings. The Morgan fingerprint density at radius 1 is 0.929 bits per heavy atom. The van der Waals surface area contributed by atoms with Crippen molar-refractivity contribution < 1.29 is 0 Å². The van der Waals surface area contributed by atoms with Gasteiger partial charge in [-0.1, -0.05) is 85.2 Å². The van der Waals surface area contributed by atoms with Crippen molar-refractivity contribution in [2.24, 2.45) is 5.73 Å². The maximum atomic E-state index is 6.14. The van der Waals surface area contributed by atoms with E-state index in [-0.39, 0.29) is 0 Å². The number of aromatic nitrogens is 2. The molecule has 2 aromatic carbocycles. The van der Waals surface area contributed by atoms with Crippen molar-refractivity contribution in [3.8, 4) is 21.7 Å². The molecule has 1 saturated carbocycles. The van der Waals surface area contributed by atoms with Crippen molar-refractivity contribution >= 4 is 16.3 Å². The fraction of sp³-hybridized carbons (Fsp3) is 0.292. The Labute approximate surface area is 169 Å². The zero-order valence-electron chi connectivity index (χ0n) is 16.0. The number of hydrogen-bond acceptors (Lipinski definition) is 3. The largest absolute Gasteiger partial charge is 0.325 e. The van der Waals surface area contributed by atoms with Gasteiger partial charge in [0.25, 0.3) is 0 Å². The molecule has 2 aromatic heterocycles. The van der Waals surface area contributed by atoms with Crippen LogP contribution in [-0.4, -0.2) is 9.38 Å². The first-order valence-corrected chi connectivity index (χ1v) is 11.0. The molecule has 0 atom stereocenters. The zero-order valence-corrected chi connectivity index (χ0v) is 16.8. The Balaban J connectivity index is 1.49. The van der Waals surface area contributed by atoms with Crippen molar-refractivity contribution in [1.82, 2.24) is 9.38 Å². The van der Waals surface area contributed by atoms with Crippen molar-refractivity contribution in [3.05, 3.63) is 72.1 Å². The predicted octanol–water partition coefficient (Wildman–Crippen LogP) is 6.24. The van der Waals surface area contributed by atoms with Crippen molar-refractivity contribution in [3.63, 3.8) is 0 Å². The van der Waals surface area contributed by atoms with Gasteiger partial charge in [-0.3, -0.25) is 4.40 Å². The highest BCUT2D eigenvalue weighted by Gasteiger charge is 2.18. The van der Waals surface area contributed by atoms with Gasteiger partial charge in [0, 0.05) is 18.3 Å². The zero-order chi connectivity index (χ0) is 18.9. The van der Waals surface area contributed by atoms with Gasteiger partial charge >= 0.3 is 0 Å². The molecular weight excluding hydrogens is 362 g/mol. The first-order valence-electron chi connectivity index (χ1n) is 10.2. The van der Waals surface area contributed by atoms with Crippen LogP contribution in [-0.2, 0) is 6.54 Å². The standard InChI is InChI=1S/C24H25N3S/c25-15-21-23(20-13-11-18(12-14-20)17-7-3-1-4-8-17)26-24-27(21)16-22(28-24)19-9-5-2-6-10-19/h2,5-6,9-14,16-17H,1,3-4,7-8,15,25H2. The second-order valence-electron chi connectivity index (χ2n) is 7.68. The SMILES string of the molecule is NCc1c(-c2ccc(C3CCCCC3)cc2)nc2sc(-c3ccccc3)cn12. The Kier molecular flexibility index (Phi) is 4.75. The van der Waals surface area contributed by atoms with Crippen molar-refractivity contribution in [1.29, 1.82) is 0 Å². The average molecular weight is 388 g/mol. The number of rotatable bonds is 4. The normalized spacial score (nSPS) is 15.3. The molecule has 1 aliphatic carbocycles. The minimum absolute atomic E-state index is 0.478. The van der Waals surface area contributed by atoms with Crippen LogP contribution in [0.2, 0.25) is 0 Å². The summed E-state index contributed by atoms with van der Waals surface area (Å²) in [7, 11) is 0. The van der Waals surface area contributed by atoms with Crippen LogP contribution < -0.4 is 5.73 Å². The highest BCUT2D eigenvalue weighted by Crippen LogP contribution is 2.35. The van der Waals surface area contributed by atoms with Crippen LogP contribution in [0.5, 0.6) is 0 Å². The van der Waals surface area contributed by atoms with E-state index in [4.69, 9.17) is 10.7 Å². The van der Waals surface area contributed by atoms with Gasteiger partial charge in [0.1, 0.15) is 0 Å². The molecule has 5 rings (SSSR count). The maximum Gasteiger partial charge on any atom is 0.195 e. The lowest BCUT2D eigenvalue weighted by atomic mass is 9.84. The van der Waals surface area contributed by atoms with Crippen LogP contribution in [0.4, 0.5) is 0 Å². The molecular formula is C24H25N3S. The van der Waals surface area contributed by atoms with Gasteiger partial charge < -0.3 is 5.73 Å². The molecule has 0 bridgehead atoms. The second kappa shape index (κ2) is 7.53. The minimum atomic E-state index is 0.478. The van der Waals surface area contributed by atoms with E-state index in [1.54, 1.807) is 11.3 Å². The number of fused-ring (bicyclic) bond motifs is 1. The van der Waals surface area contributed by atoms with Crippen LogP contribution in [0, 0.1) is 0 Å². The lowest BCUT2D eigenvalue weighted by molar-refractivity contribution is 0.443. The maximum absolute atomic E-state index is 6.14. The number of hydrogen-bond donors (Lipinski definition) is 1. The molecule has 3 nitrogen and oxygen atoms in total. The van der Waals surface area contributed by atoms with Gasteiger partial charge in [-0.05, 0) is 29.9 Å². The predicted molar refractivity (Wildman–Crippen MR) is 118 cm³/mol. The summed E-state index contributed by atoms with van der Waals surface area (Å²) in [5.74, 6) is 0.732. The smallest absolute Gasteiger partial charge is 0.195 e. The molecule has 4 heteroatoms. The molecule has 2 N–H and O–H groups in total. The van der Waals surface area contributed by atoms with Gasteiger partial charge in [-0.15, -0.1) is 0 Å². The van der Waals surface area contributed by atoms with Gasteiger partial charge in [0.15, 0.2) is 4.96 Å². The summed E-state index contributed by atoms with van der Waals surface area (Å²) in [6, 6.07) is 19.5. The fourth-order valence-corrected chi connectivity index (χ4v) is 5.41. The van der Waals surface area contributed by atoms with Crippen LogP contribution in [0.3, 0.4) is 0 Å². The van der Waals surface area contributed by atoms with E-state index in [1.165, 1.54) is 48.1 Å². The Hall–Kier alpha value is -2.43. The van der Waals surface area contributed by atoms with E-state index in [9.17, 15) is 0 Å². The van der Waals surface area contributed by atoms with Gasteiger partial charge in [-0.2, -0.15) is 0 Å². The molecule has 1 fully saturated rings. The summed E-state index contributed by atoms with van der Waals surface area (Å²) in [5, 5.41) is 0. The molecule has 0 amide bonds. The van der Waals surface area contributed by atoms with Crippen LogP contribution in [0.1, 0.15) is 49.3 Å². The summed E-state index contributed by atoms with van der Waals surface area (Å²) in [6.45, 7) is 0.478. The van der Waals surface area contributed by atoms with Crippen molar-refractivity contribution in [2.45, 2.75) is 44.6 Å². The first-order chi connectivity index (χ1) is 13.8. The number of imidazole rings is 1. The van der Waals surface area contributed by atoms with E-state index in [0.717, 1.165) is 27.8 Å². The second-order valence-corrected chi connectivity index (χ2v) is 8.69. The van der Waals surface area contributed by atoms with E-state index < -0.39 is 0 Å². The first kappa shape index (κ1) is 17.7. The molecule has 28 heavy (non-hydrogen) atoms. The molecule has 0 saturated heterocycles. The molecule has 0 spiro atoms. The van der Waals surface area contributed by atoms with E-state index in [1.807, 2.05) is 6.07 Å². The summed E-state index contributed by atoms with van der Waals surface area (Å²) < 4.78 is 2.16. The quantitative estimate of drug-likeness (QED) is 0.451. The molecule has 2 heterocycles. The third-order valence-corrected chi connectivity index (χ3v) is 6.97. The number of nitrogens with two attached hydrogens (primary N) is 1. The van der Waals surface area contributed by atoms with Crippen LogP contribution in [0.15, 0.2) is 60.8 Å². The summed E-state index contributed by atoms with van der Waals surface area (Å²) in [5.41, 5.74) is 12.1. The van der Waals surface area contributed by atoms with E-state index >= 15 is 0 Å². The van der Waals surface area contributed by atoms with Crippen LogP contribution in [0.25, 0.3) is 26.7 Å². The number of thiazole rings is 1. The van der Waals surface area contributed by atoms with Crippen molar-refractivity contribution in [2.75, 3.05) is 0 Å². The lowest BCUT2D eigenvalue weighted by Crippen LogP contribution is -2.04. The molecule has 0 aliphatic heterocycles. The molecule has 142 valence electrons. The third-order valence-electron chi connectivity index (χ3n) is 5.94. The van der Waals surface area contributed by atoms with Gasteiger partial charge in [-0.25, -0.2) is 4.98 Å². The number of nitrogens with zero attached hydrogens (tertiary/aromatic N) is 2. The monoisotopic (exact) mass is 387 g/mol. The Morgan fingerprint density at radius 2 is 1.68 bits per heavy atom. The highest BCUT2D eigenvalue weighted by molar-refractivity contribution is 7.20. The van der Waals surface area contributed by atoms with Gasteiger partial charge in [0.05, 0.1) is 16.3 Å². The minimum Gasteiger partial charge on any atom is -0.325 e. The van der Waals surface area contributed by atoms with E-state index in [0.29, 0.717) is 6.54 Å². The summed E-state index contributed by atoms with van der Waals surface area (Å²) in [4.78, 5) is 7.17. The van der Waals surface area contributed by atoms with Crippen LogP contribution >= 0.6 is 11.3 Å². The third kappa shape index (κ3) is 3.17. The Bertz CT molecular complexity index is 1070. The Morgan fingerprint density at radius 3 is 2.39 bits per heavy atom. The molecule has 0 radical (unpaired) electrons. The van der Waals surface area contributed by atoms with E-state index in [2.05, 4.69) is 59.1 Å². The summed E-state index contributed by atoms with van der Waals surface area (Å²) in [6.07, 6.45) is 8.95. The highest BCUT2D eigenvalue weighted by atomic mass is 32.1. The average Bonchev–Trinajstić information content (AvgIpc) is 3.33.